The van der Waals surface area contributed by atoms with E-state index in [9.17, 15) is 18.0 Å². The number of nitrogens with one attached hydrogen (secondary N) is 2. The van der Waals surface area contributed by atoms with Crippen molar-refractivity contribution in [1.29, 1.82) is 0 Å². The van der Waals surface area contributed by atoms with Gasteiger partial charge in [0, 0.05) is 27.5 Å². The molecule has 0 fully saturated rings. The predicted molar refractivity (Wildman–Crippen MR) is 115 cm³/mol. The van der Waals surface area contributed by atoms with E-state index in [1.165, 1.54) is 30.2 Å². The van der Waals surface area contributed by atoms with Gasteiger partial charge in [0.25, 0.3) is 5.78 Å². The van der Waals surface area contributed by atoms with Crippen molar-refractivity contribution < 1.29 is 18.0 Å². The van der Waals surface area contributed by atoms with Crippen LogP contribution in [0.2, 0.25) is 0 Å². The molecule has 0 aliphatic carbocycles. The zero-order chi connectivity index (χ0) is 22.9. The Labute approximate surface area is 185 Å². The van der Waals surface area contributed by atoms with Gasteiger partial charge in [-0.25, -0.2) is 9.78 Å². The maximum Gasteiger partial charge on any atom is 0.416 e. The molecule has 164 valence electrons. The summed E-state index contributed by atoms with van der Waals surface area (Å²) in [5, 5.41) is 10.1. The third-order valence-electron chi connectivity index (χ3n) is 4.63. The van der Waals surface area contributed by atoms with Crippen molar-refractivity contribution in [2.75, 3.05) is 10.6 Å². The van der Waals surface area contributed by atoms with Crippen LogP contribution in [0.15, 0.2) is 64.8 Å². The lowest BCUT2D eigenvalue weighted by Crippen LogP contribution is -2.19. The molecule has 0 saturated heterocycles. The molecule has 4 rings (SSSR count). The first-order valence-corrected chi connectivity index (χ1v) is 10.2. The van der Waals surface area contributed by atoms with Crippen molar-refractivity contribution in [1.82, 2.24) is 19.6 Å². The highest BCUT2D eigenvalue weighted by Crippen LogP contribution is 2.32. The minimum atomic E-state index is -4.48. The average Bonchev–Trinajstić information content (AvgIpc) is 3.20. The number of nitrogens with zero attached hydrogens (tertiary/aromatic N) is 4. The van der Waals surface area contributed by atoms with Crippen LogP contribution in [-0.4, -0.2) is 25.6 Å². The van der Waals surface area contributed by atoms with E-state index >= 15 is 0 Å². The third kappa shape index (κ3) is 4.67. The Bertz CT molecular complexity index is 1290. The van der Waals surface area contributed by atoms with Gasteiger partial charge in [-0.2, -0.15) is 27.8 Å². The van der Waals surface area contributed by atoms with Crippen LogP contribution in [0.4, 0.5) is 29.3 Å². The number of aryl methyl sites for hydroxylation is 1. The van der Waals surface area contributed by atoms with Crippen LogP contribution >= 0.6 is 11.8 Å². The lowest BCUT2D eigenvalue weighted by molar-refractivity contribution is -0.137. The summed E-state index contributed by atoms with van der Waals surface area (Å²) in [6.07, 6.45) is -3.04. The molecular formula is C21H17F3N6OS. The number of benzene rings is 2. The second-order valence-corrected chi connectivity index (χ2v) is 7.95. The lowest BCUT2D eigenvalue weighted by atomic mass is 10.2. The topological polar surface area (TPSA) is 84.2 Å². The quantitative estimate of drug-likeness (QED) is 0.392. The summed E-state index contributed by atoms with van der Waals surface area (Å²) in [4.78, 5) is 21.6. The van der Waals surface area contributed by atoms with Crippen molar-refractivity contribution in [3.8, 4) is 0 Å². The molecule has 2 amide bonds. The number of anilines is 2. The Morgan fingerprint density at radius 3 is 2.47 bits per heavy atom. The number of rotatable bonds is 4. The summed E-state index contributed by atoms with van der Waals surface area (Å²) in [6, 6.07) is 10.9. The van der Waals surface area contributed by atoms with Gasteiger partial charge in [0.15, 0.2) is 0 Å². The van der Waals surface area contributed by atoms with E-state index in [1.807, 2.05) is 26.0 Å². The first-order chi connectivity index (χ1) is 15.2. The Hall–Kier alpha value is -3.60. The van der Waals surface area contributed by atoms with Crippen molar-refractivity contribution in [2.24, 2.45) is 0 Å². The minimum absolute atomic E-state index is 0.0462. The fraction of sp³-hybridized carbons (Fsp3) is 0.143. The SMILES string of the molecule is Cc1nc2ncnn2c(Sc2ccc(NC(=O)Nc3cccc(C(F)(F)F)c3)cc2)c1C. The fourth-order valence-corrected chi connectivity index (χ4v) is 3.92. The average molecular weight is 458 g/mol. The molecule has 2 heterocycles. The molecule has 4 aromatic rings. The molecule has 0 radical (unpaired) electrons. The number of hydrogen-bond donors (Lipinski definition) is 2. The third-order valence-corrected chi connectivity index (χ3v) is 5.81. The molecule has 0 aliphatic heterocycles. The maximum atomic E-state index is 12.8. The number of aromatic nitrogens is 4. The normalized spacial score (nSPS) is 11.5. The first-order valence-electron chi connectivity index (χ1n) is 9.41. The predicted octanol–water partition coefficient (Wildman–Crippen LogP) is 5.56. The summed E-state index contributed by atoms with van der Waals surface area (Å²) in [5.74, 6) is 0.514. The number of carbonyl (C=O) groups is 1. The smallest absolute Gasteiger partial charge is 0.308 e. The molecule has 32 heavy (non-hydrogen) atoms. The number of alkyl halides is 3. The standard InChI is InChI=1S/C21H17F3N6OS/c1-12-13(2)27-19-25-11-26-30(19)18(12)32-17-8-6-15(7-9-17)28-20(31)29-16-5-3-4-14(10-16)21(22,23)24/h3-11H,1-2H3,(H2,28,29,31). The van der Waals surface area contributed by atoms with E-state index in [4.69, 9.17) is 0 Å². The summed E-state index contributed by atoms with van der Waals surface area (Å²) >= 11 is 1.48. The molecule has 7 nitrogen and oxygen atoms in total. The molecule has 0 atom stereocenters. The van der Waals surface area contributed by atoms with E-state index in [0.717, 1.165) is 33.3 Å². The summed E-state index contributed by atoms with van der Waals surface area (Å²) < 4.78 is 40.1. The molecule has 11 heteroatoms. The molecule has 2 aromatic carbocycles. The summed E-state index contributed by atoms with van der Waals surface area (Å²) in [7, 11) is 0. The van der Waals surface area contributed by atoms with Crippen LogP contribution in [0.25, 0.3) is 5.78 Å². The molecule has 0 unspecified atom stereocenters. The highest BCUT2D eigenvalue weighted by atomic mass is 32.2. The van der Waals surface area contributed by atoms with Gasteiger partial charge in [0.2, 0.25) is 0 Å². The van der Waals surface area contributed by atoms with Gasteiger partial charge in [-0.3, -0.25) is 0 Å². The summed E-state index contributed by atoms with van der Waals surface area (Å²) in [6.45, 7) is 3.87. The van der Waals surface area contributed by atoms with E-state index in [0.29, 0.717) is 11.5 Å². The van der Waals surface area contributed by atoms with E-state index in [2.05, 4.69) is 25.7 Å². The molecule has 0 aliphatic rings. The van der Waals surface area contributed by atoms with Gasteiger partial charge in [0.1, 0.15) is 11.4 Å². The Morgan fingerprint density at radius 2 is 1.75 bits per heavy atom. The second kappa shape index (κ2) is 8.50. The van der Waals surface area contributed by atoms with Crippen molar-refractivity contribution in [2.45, 2.75) is 29.9 Å². The van der Waals surface area contributed by atoms with Crippen LogP contribution in [0, 0.1) is 13.8 Å². The first kappa shape index (κ1) is 21.6. The van der Waals surface area contributed by atoms with E-state index < -0.39 is 17.8 Å². The van der Waals surface area contributed by atoms with Crippen LogP contribution in [0.1, 0.15) is 16.8 Å². The zero-order valence-corrected chi connectivity index (χ0v) is 17.8. The van der Waals surface area contributed by atoms with Crippen molar-refractivity contribution in [3.63, 3.8) is 0 Å². The molecule has 0 bridgehead atoms. The lowest BCUT2D eigenvalue weighted by Gasteiger charge is -2.12. The summed E-state index contributed by atoms with van der Waals surface area (Å²) in [5.41, 5.74) is 1.55. The molecular weight excluding hydrogens is 441 g/mol. The molecule has 2 N–H and O–H groups in total. The molecule has 0 saturated carbocycles. The number of fused-ring (bicyclic) bond motifs is 1. The molecule has 2 aromatic heterocycles. The fourth-order valence-electron chi connectivity index (χ4n) is 2.91. The van der Waals surface area contributed by atoms with Crippen LogP contribution in [-0.2, 0) is 6.18 Å². The van der Waals surface area contributed by atoms with E-state index in [1.54, 1.807) is 16.6 Å². The minimum Gasteiger partial charge on any atom is -0.308 e. The Balaban J connectivity index is 1.44. The van der Waals surface area contributed by atoms with Gasteiger partial charge in [-0.1, -0.05) is 17.8 Å². The second-order valence-electron chi connectivity index (χ2n) is 6.88. The van der Waals surface area contributed by atoms with Crippen LogP contribution in [0.5, 0.6) is 0 Å². The van der Waals surface area contributed by atoms with Gasteiger partial charge < -0.3 is 10.6 Å². The van der Waals surface area contributed by atoms with Gasteiger partial charge in [-0.05, 0) is 56.3 Å². The Kier molecular flexibility index (Phi) is 5.74. The van der Waals surface area contributed by atoms with Crippen LogP contribution in [0.3, 0.4) is 0 Å². The maximum absolute atomic E-state index is 12.8. The number of halogens is 3. The monoisotopic (exact) mass is 458 g/mol. The number of urea groups is 1. The number of hydrogen-bond acceptors (Lipinski definition) is 5. The van der Waals surface area contributed by atoms with E-state index in [-0.39, 0.29) is 5.69 Å². The highest BCUT2D eigenvalue weighted by molar-refractivity contribution is 7.99. The van der Waals surface area contributed by atoms with Crippen molar-refractivity contribution >= 4 is 34.9 Å². The van der Waals surface area contributed by atoms with Gasteiger partial charge in [-0.15, -0.1) is 0 Å². The number of amides is 2. The van der Waals surface area contributed by atoms with Crippen molar-refractivity contribution in [3.05, 3.63) is 71.7 Å². The number of carbonyl (C=O) groups excluding carboxylic acids is 1. The highest BCUT2D eigenvalue weighted by Gasteiger charge is 2.30. The zero-order valence-electron chi connectivity index (χ0n) is 16.9. The van der Waals surface area contributed by atoms with Gasteiger partial charge >= 0.3 is 12.2 Å². The molecule has 0 spiro atoms. The van der Waals surface area contributed by atoms with Crippen LogP contribution < -0.4 is 10.6 Å². The van der Waals surface area contributed by atoms with Gasteiger partial charge in [0.05, 0.1) is 5.56 Å². The largest absolute Gasteiger partial charge is 0.416 e. The Morgan fingerprint density at radius 1 is 1.03 bits per heavy atom.